The molecule has 0 saturated heterocycles. The lowest BCUT2D eigenvalue weighted by Gasteiger charge is -2.13. The molecule has 0 atom stereocenters. The van der Waals surface area contributed by atoms with Gasteiger partial charge in [0.2, 0.25) is 5.78 Å². The Morgan fingerprint density at radius 3 is 1.81 bits per heavy atom. The highest BCUT2D eigenvalue weighted by atomic mass is 19.1. The molecule has 0 radical (unpaired) electrons. The summed E-state index contributed by atoms with van der Waals surface area (Å²) in [5.41, 5.74) is -1.49. The van der Waals surface area contributed by atoms with Crippen molar-refractivity contribution in [1.29, 1.82) is 0 Å². The zero-order chi connectivity index (χ0) is 23.4. The zero-order valence-electron chi connectivity index (χ0n) is 16.5. The molecule has 8 nitrogen and oxygen atoms in total. The molecule has 0 aliphatic carbocycles. The zero-order valence-corrected chi connectivity index (χ0v) is 16.5. The topological polar surface area (TPSA) is 115 Å². The van der Waals surface area contributed by atoms with Gasteiger partial charge in [-0.05, 0) is 35.4 Å². The Balaban J connectivity index is 2.09. The quantitative estimate of drug-likeness (QED) is 0.322. The van der Waals surface area contributed by atoms with Crippen molar-refractivity contribution in [3.05, 3.63) is 104 Å². The lowest BCUT2D eigenvalue weighted by atomic mass is 10.1. The van der Waals surface area contributed by atoms with Gasteiger partial charge in [-0.25, -0.2) is 18.4 Å². The minimum absolute atomic E-state index is 0.129. The maximum absolute atomic E-state index is 13.2. The molecule has 1 aromatic heterocycles. The Hall–Kier alpha value is -4.21. The number of hydrogen-bond acceptors (Lipinski definition) is 5. The standard InChI is InChI=1S/C22H16F2N2O6/c23-15-5-1-13(2-6-15)10-25-12-17(18(27)9-19(28)21(30)31)20(29)26(22(25)32)11-14-3-7-16(24)8-4-14/h1-8,12H,9-11H2,(H,30,31). The monoisotopic (exact) mass is 442 g/mol. The smallest absolute Gasteiger partial charge is 0.372 e. The highest BCUT2D eigenvalue weighted by Gasteiger charge is 2.23. The predicted octanol–water partition coefficient (Wildman–Crippen LogP) is 1.61. The molecule has 0 amide bonds. The van der Waals surface area contributed by atoms with E-state index in [0.717, 1.165) is 27.5 Å². The Kier molecular flexibility index (Phi) is 6.53. The third-order valence-corrected chi connectivity index (χ3v) is 4.62. The summed E-state index contributed by atoms with van der Waals surface area (Å²) >= 11 is 0. The molecule has 0 fully saturated rings. The maximum atomic E-state index is 13.2. The highest BCUT2D eigenvalue weighted by Crippen LogP contribution is 2.07. The van der Waals surface area contributed by atoms with Crippen LogP contribution in [0.5, 0.6) is 0 Å². The molecule has 0 spiro atoms. The van der Waals surface area contributed by atoms with Gasteiger partial charge in [0.25, 0.3) is 5.56 Å². The third kappa shape index (κ3) is 5.09. The first-order valence-corrected chi connectivity index (χ1v) is 9.28. The fraction of sp³-hybridized carbons (Fsp3) is 0.136. The summed E-state index contributed by atoms with van der Waals surface area (Å²) in [6, 6.07) is 10.1. The van der Waals surface area contributed by atoms with E-state index < -0.39 is 52.4 Å². The lowest BCUT2D eigenvalue weighted by molar-refractivity contribution is -0.148. The van der Waals surface area contributed by atoms with E-state index in [0.29, 0.717) is 11.1 Å². The van der Waals surface area contributed by atoms with Crippen molar-refractivity contribution in [1.82, 2.24) is 9.13 Å². The van der Waals surface area contributed by atoms with Crippen LogP contribution in [0.25, 0.3) is 0 Å². The summed E-state index contributed by atoms with van der Waals surface area (Å²) in [6.07, 6.45) is -0.109. The number of nitrogens with zero attached hydrogens (tertiary/aromatic N) is 2. The molecule has 0 unspecified atom stereocenters. The number of carboxylic acids is 1. The van der Waals surface area contributed by atoms with Gasteiger partial charge in [0.05, 0.1) is 25.1 Å². The van der Waals surface area contributed by atoms with Crippen LogP contribution in [0.2, 0.25) is 0 Å². The molecule has 0 aliphatic heterocycles. The lowest BCUT2D eigenvalue weighted by Crippen LogP contribution is -2.43. The van der Waals surface area contributed by atoms with Crippen LogP contribution >= 0.6 is 0 Å². The largest absolute Gasteiger partial charge is 0.475 e. The summed E-state index contributed by atoms with van der Waals surface area (Å²) in [4.78, 5) is 60.5. The van der Waals surface area contributed by atoms with Crippen LogP contribution in [0, 0.1) is 11.6 Å². The third-order valence-electron chi connectivity index (χ3n) is 4.62. The Bertz CT molecular complexity index is 1310. The number of Topliss-reactive ketones (excluding diaryl/α,β-unsaturated/α-hetero) is 2. The first kappa shape index (κ1) is 22.5. The van der Waals surface area contributed by atoms with E-state index in [1.165, 1.54) is 36.4 Å². The summed E-state index contributed by atoms with van der Waals surface area (Å²) in [5, 5.41) is 8.73. The molecule has 1 N–H and O–H groups in total. The van der Waals surface area contributed by atoms with Crippen LogP contribution in [-0.2, 0) is 22.7 Å². The summed E-state index contributed by atoms with van der Waals surface area (Å²) < 4.78 is 28.1. The average molecular weight is 442 g/mol. The number of halogens is 2. The molecule has 3 aromatic rings. The number of carbonyl (C=O) groups excluding carboxylic acids is 2. The molecule has 32 heavy (non-hydrogen) atoms. The number of aliphatic carboxylic acids is 1. The van der Waals surface area contributed by atoms with Crippen molar-refractivity contribution in [3.63, 3.8) is 0 Å². The molecule has 2 aromatic carbocycles. The number of ketones is 2. The first-order valence-electron chi connectivity index (χ1n) is 9.28. The van der Waals surface area contributed by atoms with Gasteiger partial charge < -0.3 is 5.11 Å². The fourth-order valence-corrected chi connectivity index (χ4v) is 2.97. The molecular formula is C22H16F2N2O6. The van der Waals surface area contributed by atoms with Crippen molar-refractivity contribution in [2.45, 2.75) is 19.5 Å². The predicted molar refractivity (Wildman–Crippen MR) is 108 cm³/mol. The van der Waals surface area contributed by atoms with Gasteiger partial charge in [0.1, 0.15) is 11.6 Å². The van der Waals surface area contributed by atoms with Crippen LogP contribution in [0.4, 0.5) is 8.78 Å². The second-order valence-corrected chi connectivity index (χ2v) is 6.93. The SMILES string of the molecule is O=C(O)C(=O)CC(=O)c1cn(Cc2ccc(F)cc2)c(=O)n(Cc2ccc(F)cc2)c1=O. The number of hydrogen-bond donors (Lipinski definition) is 1. The van der Waals surface area contributed by atoms with Crippen molar-refractivity contribution >= 4 is 17.5 Å². The molecule has 164 valence electrons. The summed E-state index contributed by atoms with van der Waals surface area (Å²) in [5.74, 6) is -5.32. The van der Waals surface area contributed by atoms with E-state index in [-0.39, 0.29) is 13.1 Å². The molecule has 0 bridgehead atoms. The molecule has 0 aliphatic rings. The van der Waals surface area contributed by atoms with E-state index in [2.05, 4.69) is 0 Å². The fourth-order valence-electron chi connectivity index (χ4n) is 2.97. The van der Waals surface area contributed by atoms with Crippen LogP contribution in [0.1, 0.15) is 27.9 Å². The van der Waals surface area contributed by atoms with Gasteiger partial charge in [-0.2, -0.15) is 0 Å². The van der Waals surface area contributed by atoms with Crippen LogP contribution in [0.3, 0.4) is 0 Å². The maximum Gasteiger partial charge on any atom is 0.372 e. The molecule has 3 rings (SSSR count). The molecule has 10 heteroatoms. The van der Waals surface area contributed by atoms with Crippen LogP contribution < -0.4 is 11.2 Å². The minimum atomic E-state index is -1.83. The van der Waals surface area contributed by atoms with E-state index in [1.54, 1.807) is 0 Å². The van der Waals surface area contributed by atoms with E-state index >= 15 is 0 Å². The highest BCUT2D eigenvalue weighted by molar-refractivity contribution is 6.37. The number of aromatic nitrogens is 2. The normalized spacial score (nSPS) is 10.7. The number of carboxylic acid groups (broad SMARTS) is 1. The van der Waals surface area contributed by atoms with E-state index in [4.69, 9.17) is 5.11 Å². The van der Waals surface area contributed by atoms with E-state index in [1.807, 2.05) is 0 Å². The number of benzene rings is 2. The average Bonchev–Trinajstić information content (AvgIpc) is 2.75. The summed E-state index contributed by atoms with van der Waals surface area (Å²) in [6.45, 7) is -0.425. The second kappa shape index (κ2) is 9.29. The summed E-state index contributed by atoms with van der Waals surface area (Å²) in [7, 11) is 0. The van der Waals surface area contributed by atoms with Gasteiger partial charge >= 0.3 is 11.7 Å². The van der Waals surface area contributed by atoms with Gasteiger partial charge in [0, 0.05) is 6.20 Å². The molecular weight excluding hydrogens is 426 g/mol. The van der Waals surface area contributed by atoms with Crippen LogP contribution in [0.15, 0.2) is 64.3 Å². The van der Waals surface area contributed by atoms with Gasteiger partial charge in [-0.15, -0.1) is 0 Å². The minimum Gasteiger partial charge on any atom is -0.475 e. The Labute approximate surface area is 179 Å². The Morgan fingerprint density at radius 2 is 1.31 bits per heavy atom. The van der Waals surface area contributed by atoms with Gasteiger partial charge in [-0.1, -0.05) is 24.3 Å². The van der Waals surface area contributed by atoms with Crippen LogP contribution in [-0.4, -0.2) is 31.8 Å². The molecule has 1 heterocycles. The van der Waals surface area contributed by atoms with Gasteiger partial charge in [0.15, 0.2) is 5.78 Å². The van der Waals surface area contributed by atoms with Crippen molar-refractivity contribution in [2.75, 3.05) is 0 Å². The Morgan fingerprint density at radius 1 is 0.812 bits per heavy atom. The second-order valence-electron chi connectivity index (χ2n) is 6.93. The number of carbonyl (C=O) groups is 3. The first-order chi connectivity index (χ1) is 15.2. The number of rotatable bonds is 8. The van der Waals surface area contributed by atoms with Crippen molar-refractivity contribution in [2.24, 2.45) is 0 Å². The van der Waals surface area contributed by atoms with Gasteiger partial charge in [-0.3, -0.25) is 23.5 Å². The molecule has 0 saturated carbocycles. The van der Waals surface area contributed by atoms with Crippen molar-refractivity contribution in [3.8, 4) is 0 Å². The van der Waals surface area contributed by atoms with E-state index in [9.17, 15) is 32.8 Å². The van der Waals surface area contributed by atoms with Crippen molar-refractivity contribution < 1.29 is 28.3 Å².